The molecule has 0 bridgehead atoms. The van der Waals surface area contributed by atoms with Gasteiger partial charge in [0.05, 0.1) is 10.6 Å². The number of rotatable bonds is 5. The molecule has 1 aromatic carbocycles. The van der Waals surface area contributed by atoms with Crippen molar-refractivity contribution < 1.29 is 9.90 Å². The number of anilines is 1. The number of halogens is 1. The number of carbonyl (C=O) groups is 1. The highest BCUT2D eigenvalue weighted by Crippen LogP contribution is 2.21. The summed E-state index contributed by atoms with van der Waals surface area (Å²) < 4.78 is 0.755. The SMILES string of the molecule is O=C(O)c1cc(Br)ccc1NCCc1nccs1. The number of aromatic carboxylic acids is 1. The van der Waals surface area contributed by atoms with E-state index in [9.17, 15) is 4.79 Å². The van der Waals surface area contributed by atoms with E-state index in [1.54, 1.807) is 29.7 Å². The first-order valence-electron chi connectivity index (χ1n) is 5.32. The van der Waals surface area contributed by atoms with Crippen LogP contribution in [-0.2, 0) is 6.42 Å². The van der Waals surface area contributed by atoms with Crippen molar-refractivity contribution in [3.8, 4) is 0 Å². The van der Waals surface area contributed by atoms with Crippen LogP contribution in [-0.4, -0.2) is 22.6 Å². The Balaban J connectivity index is 2.02. The second-order valence-electron chi connectivity index (χ2n) is 3.60. The van der Waals surface area contributed by atoms with Crippen molar-refractivity contribution >= 4 is 38.9 Å². The summed E-state index contributed by atoms with van der Waals surface area (Å²) in [5.74, 6) is -0.937. The fraction of sp³-hybridized carbons (Fsp3) is 0.167. The molecular formula is C12H11BrN2O2S. The van der Waals surface area contributed by atoms with Crippen molar-refractivity contribution in [3.05, 3.63) is 44.8 Å². The second kappa shape index (κ2) is 5.97. The fourth-order valence-electron chi connectivity index (χ4n) is 1.53. The topological polar surface area (TPSA) is 62.2 Å². The number of hydrogen-bond donors (Lipinski definition) is 2. The number of nitrogens with one attached hydrogen (secondary N) is 1. The van der Waals surface area contributed by atoms with E-state index in [-0.39, 0.29) is 5.56 Å². The van der Waals surface area contributed by atoms with E-state index in [0.717, 1.165) is 15.9 Å². The van der Waals surface area contributed by atoms with Crippen molar-refractivity contribution in [2.24, 2.45) is 0 Å². The molecule has 0 radical (unpaired) electrons. The van der Waals surface area contributed by atoms with Gasteiger partial charge >= 0.3 is 5.97 Å². The highest BCUT2D eigenvalue weighted by Gasteiger charge is 2.10. The van der Waals surface area contributed by atoms with E-state index in [2.05, 4.69) is 26.2 Å². The van der Waals surface area contributed by atoms with Crippen LogP contribution < -0.4 is 5.32 Å². The smallest absolute Gasteiger partial charge is 0.337 e. The Morgan fingerprint density at radius 2 is 2.33 bits per heavy atom. The first-order valence-corrected chi connectivity index (χ1v) is 6.99. The number of carboxylic acid groups (broad SMARTS) is 1. The summed E-state index contributed by atoms with van der Waals surface area (Å²) >= 11 is 4.86. The van der Waals surface area contributed by atoms with Gasteiger partial charge in [-0.15, -0.1) is 11.3 Å². The molecule has 4 nitrogen and oxygen atoms in total. The van der Waals surface area contributed by atoms with Gasteiger partial charge in [0.1, 0.15) is 0 Å². The molecular weight excluding hydrogens is 316 g/mol. The molecule has 2 aromatic rings. The Morgan fingerprint density at radius 1 is 1.50 bits per heavy atom. The average Bonchev–Trinajstić information content (AvgIpc) is 2.84. The van der Waals surface area contributed by atoms with Crippen LogP contribution in [0.1, 0.15) is 15.4 Å². The molecule has 0 aliphatic carbocycles. The Bertz CT molecular complexity index is 543. The standard InChI is InChI=1S/C12H11BrN2O2S/c13-8-1-2-10(9(7-8)12(16)17)14-4-3-11-15-5-6-18-11/h1-2,5-7,14H,3-4H2,(H,16,17). The van der Waals surface area contributed by atoms with Crippen LogP contribution >= 0.6 is 27.3 Å². The van der Waals surface area contributed by atoms with Crippen molar-refractivity contribution in [1.82, 2.24) is 4.98 Å². The molecule has 94 valence electrons. The maximum absolute atomic E-state index is 11.1. The zero-order valence-corrected chi connectivity index (χ0v) is 11.8. The average molecular weight is 327 g/mol. The molecule has 1 aromatic heterocycles. The molecule has 0 saturated carbocycles. The van der Waals surface area contributed by atoms with E-state index in [1.807, 2.05) is 11.4 Å². The van der Waals surface area contributed by atoms with Gasteiger partial charge in [-0.3, -0.25) is 0 Å². The normalized spacial score (nSPS) is 10.3. The van der Waals surface area contributed by atoms with Crippen molar-refractivity contribution in [2.45, 2.75) is 6.42 Å². The van der Waals surface area contributed by atoms with Crippen LogP contribution in [0.4, 0.5) is 5.69 Å². The number of aromatic nitrogens is 1. The van der Waals surface area contributed by atoms with Crippen LogP contribution in [0.5, 0.6) is 0 Å². The van der Waals surface area contributed by atoms with Crippen LogP contribution in [0.25, 0.3) is 0 Å². The largest absolute Gasteiger partial charge is 0.478 e. The lowest BCUT2D eigenvalue weighted by Crippen LogP contribution is -2.09. The molecule has 2 rings (SSSR count). The monoisotopic (exact) mass is 326 g/mol. The van der Waals surface area contributed by atoms with E-state index in [1.165, 1.54) is 0 Å². The van der Waals surface area contributed by atoms with E-state index >= 15 is 0 Å². The van der Waals surface area contributed by atoms with E-state index in [4.69, 9.17) is 5.11 Å². The summed E-state index contributed by atoms with van der Waals surface area (Å²) in [7, 11) is 0. The summed E-state index contributed by atoms with van der Waals surface area (Å²) in [5.41, 5.74) is 0.894. The lowest BCUT2D eigenvalue weighted by Gasteiger charge is -2.09. The Labute approximate surface area is 117 Å². The third-order valence-corrected chi connectivity index (χ3v) is 3.68. The van der Waals surface area contributed by atoms with Gasteiger partial charge in [-0.1, -0.05) is 15.9 Å². The lowest BCUT2D eigenvalue weighted by atomic mass is 10.2. The van der Waals surface area contributed by atoms with Gasteiger partial charge in [-0.2, -0.15) is 0 Å². The number of carboxylic acids is 1. The maximum atomic E-state index is 11.1. The number of hydrogen-bond acceptors (Lipinski definition) is 4. The van der Waals surface area contributed by atoms with Gasteiger partial charge < -0.3 is 10.4 Å². The van der Waals surface area contributed by atoms with Gasteiger partial charge in [0.2, 0.25) is 0 Å². The fourth-order valence-corrected chi connectivity index (χ4v) is 2.51. The molecule has 0 fully saturated rings. The van der Waals surface area contributed by atoms with Crippen LogP contribution in [0.2, 0.25) is 0 Å². The molecule has 1 heterocycles. The lowest BCUT2D eigenvalue weighted by molar-refractivity contribution is 0.0698. The Morgan fingerprint density at radius 3 is 3.00 bits per heavy atom. The maximum Gasteiger partial charge on any atom is 0.337 e. The van der Waals surface area contributed by atoms with Crippen LogP contribution in [0.3, 0.4) is 0 Å². The van der Waals surface area contributed by atoms with Gasteiger partial charge in [0, 0.05) is 34.7 Å². The zero-order valence-electron chi connectivity index (χ0n) is 9.39. The van der Waals surface area contributed by atoms with Gasteiger partial charge in [-0.05, 0) is 18.2 Å². The minimum Gasteiger partial charge on any atom is -0.478 e. The minimum atomic E-state index is -0.937. The molecule has 6 heteroatoms. The number of nitrogens with zero attached hydrogens (tertiary/aromatic N) is 1. The predicted molar refractivity (Wildman–Crippen MR) is 75.4 cm³/mol. The molecule has 0 aliphatic heterocycles. The molecule has 0 aliphatic rings. The molecule has 0 unspecified atom stereocenters. The van der Waals surface area contributed by atoms with Crippen molar-refractivity contribution in [2.75, 3.05) is 11.9 Å². The molecule has 0 amide bonds. The zero-order chi connectivity index (χ0) is 13.0. The van der Waals surface area contributed by atoms with Crippen molar-refractivity contribution in [1.29, 1.82) is 0 Å². The second-order valence-corrected chi connectivity index (χ2v) is 5.49. The summed E-state index contributed by atoms with van der Waals surface area (Å²) in [6.07, 6.45) is 2.55. The third-order valence-electron chi connectivity index (χ3n) is 2.35. The van der Waals surface area contributed by atoms with Crippen LogP contribution in [0.15, 0.2) is 34.2 Å². The minimum absolute atomic E-state index is 0.267. The van der Waals surface area contributed by atoms with Gasteiger partial charge in [0.15, 0.2) is 0 Å². The van der Waals surface area contributed by atoms with Gasteiger partial charge in [-0.25, -0.2) is 9.78 Å². The highest BCUT2D eigenvalue weighted by molar-refractivity contribution is 9.10. The summed E-state index contributed by atoms with van der Waals surface area (Å²) in [6, 6.07) is 5.17. The number of benzene rings is 1. The first-order chi connectivity index (χ1) is 8.66. The Kier molecular flexibility index (Phi) is 4.33. The van der Waals surface area contributed by atoms with Gasteiger partial charge in [0.25, 0.3) is 0 Å². The quantitative estimate of drug-likeness (QED) is 0.885. The molecule has 0 saturated heterocycles. The van der Waals surface area contributed by atoms with E-state index < -0.39 is 5.97 Å². The number of thiazole rings is 1. The predicted octanol–water partition coefficient (Wildman–Crippen LogP) is 3.26. The summed E-state index contributed by atoms with van der Waals surface area (Å²) in [4.78, 5) is 15.3. The molecule has 18 heavy (non-hydrogen) atoms. The molecule has 0 spiro atoms. The summed E-state index contributed by atoms with van der Waals surface area (Å²) in [6.45, 7) is 0.662. The van der Waals surface area contributed by atoms with Crippen LogP contribution in [0, 0.1) is 0 Å². The summed E-state index contributed by atoms with van der Waals surface area (Å²) in [5, 5.41) is 15.2. The molecule has 0 atom stereocenters. The van der Waals surface area contributed by atoms with Crippen molar-refractivity contribution in [3.63, 3.8) is 0 Å². The Hall–Kier alpha value is -1.40. The third kappa shape index (κ3) is 3.30. The molecule has 2 N–H and O–H groups in total. The van der Waals surface area contributed by atoms with E-state index in [0.29, 0.717) is 12.2 Å². The highest BCUT2D eigenvalue weighted by atomic mass is 79.9. The first kappa shape index (κ1) is 13.0.